The highest BCUT2D eigenvalue weighted by Crippen LogP contribution is 2.28. The summed E-state index contributed by atoms with van der Waals surface area (Å²) >= 11 is 0. The van der Waals surface area contributed by atoms with Crippen LogP contribution in [0.5, 0.6) is 5.75 Å². The lowest BCUT2D eigenvalue weighted by Crippen LogP contribution is -2.39. The van der Waals surface area contributed by atoms with Crippen LogP contribution in [-0.2, 0) is 4.79 Å². The molecule has 122 valence electrons. The minimum atomic E-state index is -0.754. The molecule has 0 radical (unpaired) electrons. The van der Waals surface area contributed by atoms with Gasteiger partial charge in [-0.1, -0.05) is 0 Å². The van der Waals surface area contributed by atoms with E-state index in [9.17, 15) is 9.90 Å². The molecule has 0 saturated carbocycles. The Labute approximate surface area is 145 Å². The van der Waals surface area contributed by atoms with Crippen molar-refractivity contribution in [2.24, 2.45) is 16.8 Å². The minimum Gasteiger partial charge on any atom is -0.481 e. The Morgan fingerprint density at radius 1 is 1.35 bits per heavy atom. The molecular formula is C16H16Cl2N2O3. The number of fused-ring (bicyclic) bond motifs is 3. The molecule has 2 N–H and O–H groups in total. The van der Waals surface area contributed by atoms with Gasteiger partial charge in [0, 0.05) is 41.2 Å². The van der Waals surface area contributed by atoms with Crippen LogP contribution >= 0.6 is 24.8 Å². The fourth-order valence-electron chi connectivity index (χ4n) is 3.07. The van der Waals surface area contributed by atoms with Gasteiger partial charge in [-0.25, -0.2) is 0 Å². The zero-order chi connectivity index (χ0) is 14.4. The molecule has 2 unspecified atom stereocenters. The van der Waals surface area contributed by atoms with Gasteiger partial charge in [0.1, 0.15) is 5.75 Å². The van der Waals surface area contributed by atoms with E-state index in [-0.39, 0.29) is 36.6 Å². The molecule has 1 aromatic rings. The van der Waals surface area contributed by atoms with Crippen molar-refractivity contribution in [1.82, 2.24) is 5.32 Å². The zero-order valence-electron chi connectivity index (χ0n) is 12.1. The highest BCUT2D eigenvalue weighted by atomic mass is 35.5. The summed E-state index contributed by atoms with van der Waals surface area (Å²) in [6.07, 6.45) is 7.91. The number of piperidine rings is 1. The van der Waals surface area contributed by atoms with Gasteiger partial charge in [0.15, 0.2) is 0 Å². The summed E-state index contributed by atoms with van der Waals surface area (Å²) in [6, 6.07) is 3.98. The number of ether oxygens (including phenoxy) is 1. The average molecular weight is 355 g/mol. The predicted molar refractivity (Wildman–Crippen MR) is 91.2 cm³/mol. The molecule has 0 bridgehead atoms. The van der Waals surface area contributed by atoms with Gasteiger partial charge in [-0.05, 0) is 24.6 Å². The maximum Gasteiger partial charge on any atom is 0.308 e. The molecule has 3 aliphatic rings. The van der Waals surface area contributed by atoms with E-state index in [0.717, 1.165) is 27.6 Å². The molecule has 0 amide bonds. The number of carboxylic acid groups (broad SMARTS) is 1. The molecule has 1 saturated heterocycles. The second kappa shape index (κ2) is 6.64. The second-order valence-electron chi connectivity index (χ2n) is 5.47. The smallest absolute Gasteiger partial charge is 0.308 e. The van der Waals surface area contributed by atoms with Crippen molar-refractivity contribution in [3.63, 3.8) is 0 Å². The van der Waals surface area contributed by atoms with Crippen LogP contribution in [0.25, 0.3) is 11.8 Å². The zero-order valence-corrected chi connectivity index (χ0v) is 13.7. The first kappa shape index (κ1) is 17.4. The summed E-state index contributed by atoms with van der Waals surface area (Å²) in [6.45, 7) is 0.450. The third-order valence-corrected chi connectivity index (χ3v) is 4.19. The Balaban J connectivity index is 0.000000960. The number of rotatable bonds is 1. The quantitative estimate of drug-likeness (QED) is 0.800. The van der Waals surface area contributed by atoms with Gasteiger partial charge >= 0.3 is 5.97 Å². The Kier molecular flexibility index (Phi) is 5.02. The lowest BCUT2D eigenvalue weighted by molar-refractivity contribution is -0.142. The lowest BCUT2D eigenvalue weighted by Gasteiger charge is -2.28. The number of hydrogen-bond donors (Lipinski definition) is 2. The monoisotopic (exact) mass is 354 g/mol. The first-order valence-corrected chi connectivity index (χ1v) is 6.95. The standard InChI is InChI=1S/C16H14N2O3.2ClH/c19-16(20)11-5-10-2-4-21-14-7-13-9(1-3-17-13)6-12(14)15(10)18-8-11;;/h1-4,6-7,10-11,18H,5,8H2,(H,19,20);2*1H. The fourth-order valence-corrected chi connectivity index (χ4v) is 3.07. The van der Waals surface area contributed by atoms with Crippen molar-refractivity contribution in [3.8, 4) is 5.75 Å². The number of benzene rings is 1. The second-order valence-corrected chi connectivity index (χ2v) is 5.47. The van der Waals surface area contributed by atoms with Gasteiger partial charge in [0.2, 0.25) is 0 Å². The van der Waals surface area contributed by atoms with Crippen molar-refractivity contribution in [3.05, 3.63) is 46.8 Å². The molecule has 3 heterocycles. The maximum absolute atomic E-state index is 11.2. The first-order chi connectivity index (χ1) is 10.2. The molecule has 3 aliphatic heterocycles. The van der Waals surface area contributed by atoms with Gasteiger partial charge in [-0.3, -0.25) is 9.79 Å². The Morgan fingerprint density at radius 3 is 2.96 bits per heavy atom. The normalized spacial score (nSPS) is 22.7. The van der Waals surface area contributed by atoms with Crippen molar-refractivity contribution >= 4 is 42.6 Å². The lowest BCUT2D eigenvalue weighted by atomic mass is 9.87. The van der Waals surface area contributed by atoms with Gasteiger partial charge in [-0.15, -0.1) is 24.8 Å². The van der Waals surface area contributed by atoms with Crippen LogP contribution in [0.1, 0.15) is 12.0 Å². The largest absolute Gasteiger partial charge is 0.481 e. The molecular weight excluding hydrogens is 339 g/mol. The molecule has 1 aromatic carbocycles. The maximum atomic E-state index is 11.2. The third kappa shape index (κ3) is 2.94. The molecule has 1 fully saturated rings. The highest BCUT2D eigenvalue weighted by molar-refractivity contribution is 5.85. The highest BCUT2D eigenvalue weighted by Gasteiger charge is 2.30. The fraction of sp³-hybridized carbons (Fsp3) is 0.250. The van der Waals surface area contributed by atoms with Gasteiger partial charge in [0.05, 0.1) is 17.5 Å². The van der Waals surface area contributed by atoms with E-state index in [1.54, 1.807) is 12.5 Å². The Bertz CT molecular complexity index is 817. The molecule has 0 spiro atoms. The summed E-state index contributed by atoms with van der Waals surface area (Å²) < 4.78 is 5.68. The number of hydrogen-bond acceptors (Lipinski definition) is 4. The van der Waals surface area contributed by atoms with E-state index in [1.165, 1.54) is 0 Å². The minimum absolute atomic E-state index is 0. The van der Waals surface area contributed by atoms with E-state index in [1.807, 2.05) is 18.2 Å². The molecule has 2 atom stereocenters. The molecule has 4 rings (SSSR count). The van der Waals surface area contributed by atoms with E-state index >= 15 is 0 Å². The van der Waals surface area contributed by atoms with Crippen molar-refractivity contribution in [2.45, 2.75) is 6.42 Å². The van der Waals surface area contributed by atoms with Crippen molar-refractivity contribution in [1.29, 1.82) is 0 Å². The SMILES string of the molecule is Cl.Cl.O=C(O)C1CNC2=c3cc4c(cc3OC=CC2C1)=NC=C4. The summed E-state index contributed by atoms with van der Waals surface area (Å²) in [5.41, 5.74) is 2.10. The van der Waals surface area contributed by atoms with Crippen molar-refractivity contribution < 1.29 is 14.6 Å². The van der Waals surface area contributed by atoms with Crippen LogP contribution in [-0.4, -0.2) is 17.6 Å². The number of nitrogens with one attached hydrogen (secondary N) is 1. The molecule has 23 heavy (non-hydrogen) atoms. The first-order valence-electron chi connectivity index (χ1n) is 6.95. The van der Waals surface area contributed by atoms with E-state index in [0.29, 0.717) is 13.0 Å². The number of nitrogens with zero attached hydrogens (tertiary/aromatic N) is 1. The van der Waals surface area contributed by atoms with Crippen LogP contribution in [0, 0.1) is 11.8 Å². The van der Waals surface area contributed by atoms with E-state index in [4.69, 9.17) is 4.74 Å². The van der Waals surface area contributed by atoms with Crippen LogP contribution in [0.4, 0.5) is 0 Å². The summed E-state index contributed by atoms with van der Waals surface area (Å²) in [4.78, 5) is 15.5. The average Bonchev–Trinajstić information content (AvgIpc) is 2.85. The summed E-state index contributed by atoms with van der Waals surface area (Å²) in [7, 11) is 0. The Morgan fingerprint density at radius 2 is 2.17 bits per heavy atom. The van der Waals surface area contributed by atoms with Gasteiger partial charge in [-0.2, -0.15) is 0 Å². The number of carboxylic acids is 1. The van der Waals surface area contributed by atoms with Crippen molar-refractivity contribution in [2.75, 3.05) is 6.54 Å². The predicted octanol–water partition coefficient (Wildman–Crippen LogP) is 1.46. The molecule has 7 heteroatoms. The number of halogens is 2. The van der Waals surface area contributed by atoms with E-state index < -0.39 is 5.97 Å². The van der Waals surface area contributed by atoms with Crippen LogP contribution < -0.4 is 20.6 Å². The van der Waals surface area contributed by atoms with Gasteiger partial charge in [0.25, 0.3) is 0 Å². The third-order valence-electron chi connectivity index (χ3n) is 4.19. The molecule has 0 aliphatic carbocycles. The topological polar surface area (TPSA) is 70.9 Å². The Hall–Kier alpha value is -1.98. The summed E-state index contributed by atoms with van der Waals surface area (Å²) in [5, 5.41) is 14.4. The van der Waals surface area contributed by atoms with Crippen LogP contribution in [0.3, 0.4) is 0 Å². The summed E-state index contributed by atoms with van der Waals surface area (Å²) in [5.74, 6) is -0.317. The number of aliphatic carboxylic acids is 1. The molecule has 0 aromatic heterocycles. The van der Waals surface area contributed by atoms with Crippen LogP contribution in [0.15, 0.2) is 35.7 Å². The van der Waals surface area contributed by atoms with E-state index in [2.05, 4.69) is 16.4 Å². The van der Waals surface area contributed by atoms with Crippen LogP contribution in [0.2, 0.25) is 0 Å². The number of carbonyl (C=O) groups is 1. The van der Waals surface area contributed by atoms with Gasteiger partial charge < -0.3 is 15.2 Å². The molecule has 5 nitrogen and oxygen atoms in total.